The molecule has 2 aromatic rings. The molecular formula is C15H18N2O. The third kappa shape index (κ3) is 2.06. The van der Waals surface area contributed by atoms with Gasteiger partial charge in [0.25, 0.3) is 0 Å². The molecule has 3 rings (SSSR count). The van der Waals surface area contributed by atoms with E-state index in [0.717, 1.165) is 11.3 Å². The molecule has 1 atom stereocenters. The highest BCUT2D eigenvalue weighted by Crippen LogP contribution is 2.40. The van der Waals surface area contributed by atoms with Gasteiger partial charge in [0, 0.05) is 30.3 Å². The fourth-order valence-electron chi connectivity index (χ4n) is 2.29. The topological polar surface area (TPSA) is 38.0 Å². The lowest BCUT2D eigenvalue weighted by molar-refractivity contribution is 0.273. The molecular weight excluding hydrogens is 224 g/mol. The standard InChI is InChI=1S/C15H18N2O/c1-11(10-18)13-3-2-4-14(9-13)17-15(7-8-16-17)12-5-6-12/h2-4,7-9,11-12,18H,5-6,10H2,1H3. The molecule has 0 amide bonds. The zero-order valence-electron chi connectivity index (χ0n) is 10.6. The van der Waals surface area contributed by atoms with Crippen LogP contribution in [0.2, 0.25) is 0 Å². The van der Waals surface area contributed by atoms with E-state index in [1.165, 1.54) is 18.5 Å². The van der Waals surface area contributed by atoms with E-state index < -0.39 is 0 Å². The van der Waals surface area contributed by atoms with Crippen molar-refractivity contribution < 1.29 is 5.11 Å². The lowest BCUT2D eigenvalue weighted by Gasteiger charge is -2.12. The summed E-state index contributed by atoms with van der Waals surface area (Å²) in [5.74, 6) is 0.858. The number of benzene rings is 1. The maximum atomic E-state index is 9.24. The Bertz CT molecular complexity index is 543. The van der Waals surface area contributed by atoms with Crippen LogP contribution in [0, 0.1) is 0 Å². The van der Waals surface area contributed by atoms with Crippen LogP contribution < -0.4 is 0 Å². The van der Waals surface area contributed by atoms with Gasteiger partial charge in [-0.15, -0.1) is 0 Å². The first-order valence-corrected chi connectivity index (χ1v) is 6.54. The zero-order valence-corrected chi connectivity index (χ0v) is 10.6. The van der Waals surface area contributed by atoms with Crippen LogP contribution >= 0.6 is 0 Å². The normalized spacial score (nSPS) is 16.8. The minimum absolute atomic E-state index is 0.171. The fourth-order valence-corrected chi connectivity index (χ4v) is 2.29. The van der Waals surface area contributed by atoms with Gasteiger partial charge in [-0.25, -0.2) is 4.68 Å². The molecule has 0 saturated heterocycles. The summed E-state index contributed by atoms with van der Waals surface area (Å²) in [5.41, 5.74) is 3.57. The highest BCUT2D eigenvalue weighted by atomic mass is 16.3. The SMILES string of the molecule is CC(CO)c1cccc(-n2nccc2C2CC2)c1. The molecule has 0 bridgehead atoms. The summed E-state index contributed by atoms with van der Waals surface area (Å²) in [7, 11) is 0. The van der Waals surface area contributed by atoms with Gasteiger partial charge in [0.05, 0.1) is 5.69 Å². The molecule has 1 N–H and O–H groups in total. The number of aromatic nitrogens is 2. The summed E-state index contributed by atoms with van der Waals surface area (Å²) in [5, 5.41) is 13.7. The lowest BCUT2D eigenvalue weighted by Crippen LogP contribution is -2.04. The smallest absolute Gasteiger partial charge is 0.0651 e. The third-order valence-corrected chi connectivity index (χ3v) is 3.63. The Kier molecular flexibility index (Phi) is 2.92. The Hall–Kier alpha value is -1.61. The second-order valence-corrected chi connectivity index (χ2v) is 5.12. The van der Waals surface area contributed by atoms with Crippen molar-refractivity contribution >= 4 is 0 Å². The number of aliphatic hydroxyl groups is 1. The summed E-state index contributed by atoms with van der Waals surface area (Å²) in [6, 6.07) is 10.4. The first-order valence-electron chi connectivity index (χ1n) is 6.54. The number of rotatable bonds is 4. The Morgan fingerprint density at radius 1 is 1.39 bits per heavy atom. The molecule has 1 heterocycles. The van der Waals surface area contributed by atoms with Crippen LogP contribution in [-0.4, -0.2) is 21.5 Å². The van der Waals surface area contributed by atoms with Crippen LogP contribution in [0.4, 0.5) is 0 Å². The molecule has 1 aliphatic rings. The number of hydrogen-bond acceptors (Lipinski definition) is 2. The Morgan fingerprint density at radius 2 is 2.22 bits per heavy atom. The van der Waals surface area contributed by atoms with Crippen LogP contribution in [0.25, 0.3) is 5.69 Å². The van der Waals surface area contributed by atoms with Gasteiger partial charge in [0.15, 0.2) is 0 Å². The van der Waals surface area contributed by atoms with Gasteiger partial charge in [0.2, 0.25) is 0 Å². The van der Waals surface area contributed by atoms with Crippen LogP contribution in [0.3, 0.4) is 0 Å². The molecule has 3 nitrogen and oxygen atoms in total. The van der Waals surface area contributed by atoms with E-state index in [4.69, 9.17) is 0 Å². The van der Waals surface area contributed by atoms with Crippen molar-refractivity contribution in [3.63, 3.8) is 0 Å². The van der Waals surface area contributed by atoms with Crippen molar-refractivity contribution in [3.05, 3.63) is 47.8 Å². The highest BCUT2D eigenvalue weighted by molar-refractivity contribution is 5.39. The summed E-state index contributed by atoms with van der Waals surface area (Å²) in [6.07, 6.45) is 4.42. The van der Waals surface area contributed by atoms with E-state index in [0.29, 0.717) is 5.92 Å². The van der Waals surface area contributed by atoms with E-state index >= 15 is 0 Å². The van der Waals surface area contributed by atoms with Crippen LogP contribution in [0.15, 0.2) is 36.5 Å². The van der Waals surface area contributed by atoms with Crippen molar-refractivity contribution in [3.8, 4) is 5.69 Å². The van der Waals surface area contributed by atoms with E-state index in [1.807, 2.05) is 23.9 Å². The molecule has 1 aromatic carbocycles. The molecule has 0 radical (unpaired) electrons. The first kappa shape index (κ1) is 11.5. The predicted molar refractivity (Wildman–Crippen MR) is 71.0 cm³/mol. The van der Waals surface area contributed by atoms with E-state index in [2.05, 4.69) is 29.4 Å². The maximum absolute atomic E-state index is 9.24. The Balaban J connectivity index is 1.98. The second kappa shape index (κ2) is 4.58. The van der Waals surface area contributed by atoms with Gasteiger partial charge in [-0.05, 0) is 36.6 Å². The maximum Gasteiger partial charge on any atom is 0.0651 e. The molecule has 1 aliphatic carbocycles. The van der Waals surface area contributed by atoms with Gasteiger partial charge in [-0.3, -0.25) is 0 Å². The summed E-state index contributed by atoms with van der Waals surface area (Å²) < 4.78 is 2.03. The fraction of sp³-hybridized carbons (Fsp3) is 0.400. The molecule has 1 fully saturated rings. The van der Waals surface area contributed by atoms with E-state index in [1.54, 1.807) is 0 Å². The van der Waals surface area contributed by atoms with Crippen molar-refractivity contribution in [2.45, 2.75) is 31.6 Å². The van der Waals surface area contributed by atoms with Crippen molar-refractivity contribution in [2.24, 2.45) is 0 Å². The average Bonchev–Trinajstić information content (AvgIpc) is 3.15. The van der Waals surface area contributed by atoms with Gasteiger partial charge in [-0.2, -0.15) is 5.10 Å². The number of aliphatic hydroxyl groups excluding tert-OH is 1. The molecule has 18 heavy (non-hydrogen) atoms. The minimum atomic E-state index is 0.171. The number of hydrogen-bond donors (Lipinski definition) is 1. The summed E-state index contributed by atoms with van der Waals surface area (Å²) in [4.78, 5) is 0. The zero-order chi connectivity index (χ0) is 12.5. The molecule has 1 saturated carbocycles. The van der Waals surface area contributed by atoms with Crippen molar-refractivity contribution in [1.29, 1.82) is 0 Å². The highest BCUT2D eigenvalue weighted by Gasteiger charge is 2.27. The van der Waals surface area contributed by atoms with Crippen LogP contribution in [0.5, 0.6) is 0 Å². The Morgan fingerprint density at radius 3 is 2.94 bits per heavy atom. The molecule has 94 valence electrons. The molecule has 3 heteroatoms. The minimum Gasteiger partial charge on any atom is -0.396 e. The lowest BCUT2D eigenvalue weighted by atomic mass is 10.0. The average molecular weight is 242 g/mol. The first-order chi connectivity index (χ1) is 8.79. The van der Waals surface area contributed by atoms with E-state index in [-0.39, 0.29) is 12.5 Å². The van der Waals surface area contributed by atoms with Gasteiger partial charge >= 0.3 is 0 Å². The van der Waals surface area contributed by atoms with E-state index in [9.17, 15) is 5.11 Å². The van der Waals surface area contributed by atoms with Crippen molar-refractivity contribution in [1.82, 2.24) is 9.78 Å². The molecule has 0 aliphatic heterocycles. The Labute approximate surface area is 107 Å². The monoisotopic (exact) mass is 242 g/mol. The van der Waals surface area contributed by atoms with Gasteiger partial charge in [-0.1, -0.05) is 19.1 Å². The van der Waals surface area contributed by atoms with Gasteiger partial charge in [0.1, 0.15) is 0 Å². The third-order valence-electron chi connectivity index (χ3n) is 3.63. The molecule has 0 spiro atoms. The van der Waals surface area contributed by atoms with Crippen molar-refractivity contribution in [2.75, 3.05) is 6.61 Å². The van der Waals surface area contributed by atoms with Gasteiger partial charge < -0.3 is 5.11 Å². The van der Waals surface area contributed by atoms with Crippen LogP contribution in [0.1, 0.15) is 42.9 Å². The summed E-state index contributed by atoms with van der Waals surface area (Å²) in [6.45, 7) is 2.21. The summed E-state index contributed by atoms with van der Waals surface area (Å²) >= 11 is 0. The largest absolute Gasteiger partial charge is 0.396 e. The van der Waals surface area contributed by atoms with Crippen LogP contribution in [-0.2, 0) is 0 Å². The predicted octanol–water partition coefficient (Wildman–Crippen LogP) is 2.85. The number of nitrogens with zero attached hydrogens (tertiary/aromatic N) is 2. The molecule has 1 aromatic heterocycles. The molecule has 1 unspecified atom stereocenters. The quantitative estimate of drug-likeness (QED) is 0.895. The second-order valence-electron chi connectivity index (χ2n) is 5.12.